The number of nitrogens with one attached hydrogen (secondary N) is 1. The summed E-state index contributed by atoms with van der Waals surface area (Å²) in [7, 11) is 1.94. The van der Waals surface area contributed by atoms with Gasteiger partial charge in [-0.25, -0.2) is 0 Å². The second kappa shape index (κ2) is 6.69. The highest BCUT2D eigenvalue weighted by Crippen LogP contribution is 2.31. The number of nitrogens with zero attached hydrogens (tertiary/aromatic N) is 1. The van der Waals surface area contributed by atoms with Gasteiger partial charge < -0.3 is 15.0 Å². The van der Waals surface area contributed by atoms with Crippen LogP contribution in [-0.4, -0.2) is 36.4 Å². The molecule has 0 saturated carbocycles. The lowest BCUT2D eigenvalue weighted by Crippen LogP contribution is -2.33. The molecule has 1 aromatic rings. The summed E-state index contributed by atoms with van der Waals surface area (Å²) in [5.41, 5.74) is 1.96. The minimum atomic E-state index is -0.132. The molecule has 1 N–H and O–H groups in total. The molecule has 1 aliphatic carbocycles. The van der Waals surface area contributed by atoms with E-state index < -0.39 is 0 Å². The summed E-state index contributed by atoms with van der Waals surface area (Å²) in [6.07, 6.45) is 4.64. The van der Waals surface area contributed by atoms with Crippen molar-refractivity contribution < 1.29 is 14.3 Å². The van der Waals surface area contributed by atoms with Crippen molar-refractivity contribution in [1.29, 1.82) is 0 Å². The SMILES string of the molecule is CN1C2=C(CC(=O)C=C2)OC1CCNC(=O)Cc1ccccc1. The summed E-state index contributed by atoms with van der Waals surface area (Å²) in [5, 5.41) is 2.92. The van der Waals surface area contributed by atoms with Crippen LogP contribution in [0.1, 0.15) is 18.4 Å². The predicted octanol–water partition coefficient (Wildman–Crippen LogP) is 1.76. The number of carbonyl (C=O) groups excluding carboxylic acids is 2. The van der Waals surface area contributed by atoms with Crippen LogP contribution in [0.25, 0.3) is 0 Å². The van der Waals surface area contributed by atoms with E-state index in [-0.39, 0.29) is 17.9 Å². The molecule has 0 saturated heterocycles. The topological polar surface area (TPSA) is 58.6 Å². The maximum atomic E-state index is 11.9. The van der Waals surface area contributed by atoms with Gasteiger partial charge in [-0.2, -0.15) is 0 Å². The zero-order chi connectivity index (χ0) is 16.2. The summed E-state index contributed by atoms with van der Waals surface area (Å²) in [6, 6.07) is 9.66. The van der Waals surface area contributed by atoms with E-state index in [1.165, 1.54) is 0 Å². The Morgan fingerprint density at radius 3 is 2.87 bits per heavy atom. The summed E-state index contributed by atoms with van der Waals surface area (Å²) < 4.78 is 5.83. The van der Waals surface area contributed by atoms with E-state index in [1.807, 2.05) is 42.3 Å². The van der Waals surface area contributed by atoms with Crippen LogP contribution in [0.5, 0.6) is 0 Å². The van der Waals surface area contributed by atoms with Gasteiger partial charge in [0.05, 0.1) is 18.5 Å². The van der Waals surface area contributed by atoms with E-state index in [2.05, 4.69) is 5.32 Å². The summed E-state index contributed by atoms with van der Waals surface area (Å²) >= 11 is 0. The van der Waals surface area contributed by atoms with Crippen LogP contribution in [-0.2, 0) is 20.7 Å². The summed E-state index contributed by atoms with van der Waals surface area (Å²) in [5.74, 6) is 0.805. The lowest BCUT2D eigenvalue weighted by atomic mass is 10.1. The van der Waals surface area contributed by atoms with Crippen molar-refractivity contribution in [3.05, 3.63) is 59.5 Å². The molecule has 1 aliphatic heterocycles. The highest BCUT2D eigenvalue weighted by atomic mass is 16.5. The first-order valence-corrected chi connectivity index (χ1v) is 7.77. The number of ether oxygens (including phenoxy) is 1. The van der Waals surface area contributed by atoms with Gasteiger partial charge in [-0.05, 0) is 17.7 Å². The number of rotatable bonds is 5. The molecule has 1 heterocycles. The molecule has 120 valence electrons. The number of hydrogen-bond donors (Lipinski definition) is 1. The van der Waals surface area contributed by atoms with Crippen molar-refractivity contribution in [2.24, 2.45) is 0 Å². The van der Waals surface area contributed by atoms with E-state index in [1.54, 1.807) is 12.2 Å². The molecule has 0 bridgehead atoms. The first kappa shape index (κ1) is 15.3. The molecule has 5 heteroatoms. The van der Waals surface area contributed by atoms with Crippen LogP contribution in [0, 0.1) is 0 Å². The summed E-state index contributed by atoms with van der Waals surface area (Å²) in [4.78, 5) is 25.4. The van der Waals surface area contributed by atoms with Gasteiger partial charge in [0.25, 0.3) is 0 Å². The van der Waals surface area contributed by atoms with Gasteiger partial charge in [0.1, 0.15) is 5.76 Å². The lowest BCUT2D eigenvalue weighted by molar-refractivity contribution is -0.120. The Morgan fingerprint density at radius 2 is 2.09 bits per heavy atom. The van der Waals surface area contributed by atoms with Crippen LogP contribution in [0.2, 0.25) is 0 Å². The van der Waals surface area contributed by atoms with E-state index in [0.29, 0.717) is 25.8 Å². The lowest BCUT2D eigenvalue weighted by Gasteiger charge is -2.22. The zero-order valence-electron chi connectivity index (χ0n) is 13.1. The minimum absolute atomic E-state index is 0.00430. The maximum absolute atomic E-state index is 11.9. The van der Waals surface area contributed by atoms with Gasteiger partial charge in [0.15, 0.2) is 12.0 Å². The number of allylic oxidation sites excluding steroid dienone is 3. The van der Waals surface area contributed by atoms with Crippen molar-refractivity contribution in [3.63, 3.8) is 0 Å². The standard InChI is InChI=1S/C18H20N2O3/c1-20-15-8-7-14(21)12-16(15)23-18(20)9-10-19-17(22)11-13-5-3-2-4-6-13/h2-8,18H,9-12H2,1H3,(H,19,22). The van der Waals surface area contributed by atoms with Crippen molar-refractivity contribution in [1.82, 2.24) is 10.2 Å². The molecule has 1 aromatic carbocycles. The quantitative estimate of drug-likeness (QED) is 0.900. The largest absolute Gasteiger partial charge is 0.472 e. The molecule has 0 fully saturated rings. The molecule has 0 aromatic heterocycles. The van der Waals surface area contributed by atoms with Crippen LogP contribution < -0.4 is 5.32 Å². The molecule has 23 heavy (non-hydrogen) atoms. The van der Waals surface area contributed by atoms with Crippen molar-refractivity contribution in [3.8, 4) is 0 Å². The first-order valence-electron chi connectivity index (χ1n) is 7.77. The zero-order valence-corrected chi connectivity index (χ0v) is 13.1. The maximum Gasteiger partial charge on any atom is 0.224 e. The molecule has 3 rings (SSSR count). The molecular formula is C18H20N2O3. The van der Waals surface area contributed by atoms with E-state index in [9.17, 15) is 9.59 Å². The Hall–Kier alpha value is -2.56. The van der Waals surface area contributed by atoms with Crippen LogP contribution in [0.15, 0.2) is 53.9 Å². The number of amides is 1. The van der Waals surface area contributed by atoms with Crippen molar-refractivity contribution >= 4 is 11.7 Å². The molecule has 1 atom stereocenters. The molecular weight excluding hydrogens is 292 g/mol. The Balaban J connectivity index is 1.44. The number of likely N-dealkylation sites (N-methyl/N-ethyl adjacent to an activating group) is 1. The minimum Gasteiger partial charge on any atom is -0.472 e. The predicted molar refractivity (Wildman–Crippen MR) is 86.2 cm³/mol. The highest BCUT2D eigenvalue weighted by molar-refractivity contribution is 5.93. The molecule has 1 unspecified atom stereocenters. The van der Waals surface area contributed by atoms with Gasteiger partial charge in [-0.3, -0.25) is 9.59 Å². The average molecular weight is 312 g/mol. The fraction of sp³-hybridized carbons (Fsp3) is 0.333. The number of benzene rings is 1. The second-order valence-corrected chi connectivity index (χ2v) is 5.77. The average Bonchev–Trinajstić information content (AvgIpc) is 2.84. The smallest absolute Gasteiger partial charge is 0.224 e. The van der Waals surface area contributed by atoms with Crippen molar-refractivity contribution in [2.45, 2.75) is 25.5 Å². The third-order valence-corrected chi connectivity index (χ3v) is 4.06. The third-order valence-electron chi connectivity index (χ3n) is 4.06. The van der Waals surface area contributed by atoms with Gasteiger partial charge in [0.2, 0.25) is 5.91 Å². The van der Waals surface area contributed by atoms with E-state index >= 15 is 0 Å². The fourth-order valence-electron chi connectivity index (χ4n) is 2.82. The number of hydrogen-bond acceptors (Lipinski definition) is 4. The normalized spacial score (nSPS) is 19.6. The Kier molecular flexibility index (Phi) is 4.46. The van der Waals surface area contributed by atoms with Crippen LogP contribution >= 0.6 is 0 Å². The van der Waals surface area contributed by atoms with Crippen molar-refractivity contribution in [2.75, 3.05) is 13.6 Å². The molecule has 0 radical (unpaired) electrons. The fourth-order valence-corrected chi connectivity index (χ4v) is 2.82. The highest BCUT2D eigenvalue weighted by Gasteiger charge is 2.31. The molecule has 2 aliphatic rings. The second-order valence-electron chi connectivity index (χ2n) is 5.77. The number of ketones is 1. The monoisotopic (exact) mass is 312 g/mol. The van der Waals surface area contributed by atoms with Crippen LogP contribution in [0.4, 0.5) is 0 Å². The Labute approximate surface area is 135 Å². The third kappa shape index (κ3) is 3.62. The van der Waals surface area contributed by atoms with E-state index in [0.717, 1.165) is 17.0 Å². The van der Waals surface area contributed by atoms with Crippen LogP contribution in [0.3, 0.4) is 0 Å². The van der Waals surface area contributed by atoms with Gasteiger partial charge in [0, 0.05) is 20.0 Å². The van der Waals surface area contributed by atoms with Gasteiger partial charge >= 0.3 is 0 Å². The van der Waals surface area contributed by atoms with Gasteiger partial charge in [-0.1, -0.05) is 30.3 Å². The Bertz CT molecular complexity index is 664. The molecule has 1 amide bonds. The van der Waals surface area contributed by atoms with Gasteiger partial charge in [-0.15, -0.1) is 0 Å². The molecule has 5 nitrogen and oxygen atoms in total. The Morgan fingerprint density at radius 1 is 1.30 bits per heavy atom. The number of carbonyl (C=O) groups is 2. The summed E-state index contributed by atoms with van der Waals surface area (Å²) in [6.45, 7) is 0.541. The first-order chi connectivity index (χ1) is 11.1. The molecule has 0 spiro atoms. The van der Waals surface area contributed by atoms with E-state index in [4.69, 9.17) is 4.74 Å².